The van der Waals surface area contributed by atoms with E-state index in [0.29, 0.717) is 22.4 Å². The van der Waals surface area contributed by atoms with E-state index in [9.17, 15) is 0 Å². The number of pyridine rings is 1. The molecular weight excluding hydrogens is 398 g/mol. The molecule has 0 unspecified atom stereocenters. The van der Waals surface area contributed by atoms with Gasteiger partial charge in [-0.1, -0.05) is 81.4 Å². The number of nitrogens with zero attached hydrogens (tertiary/aromatic N) is 1. The number of hydrogen-bond donors (Lipinski definition) is 0. The van der Waals surface area contributed by atoms with Crippen molar-refractivity contribution in [3.63, 3.8) is 0 Å². The fourth-order valence-corrected chi connectivity index (χ4v) is 4.05. The fourth-order valence-electron chi connectivity index (χ4n) is 4.05. The first-order valence-corrected chi connectivity index (χ1v) is 11.1. The number of benzene rings is 3. The summed E-state index contributed by atoms with van der Waals surface area (Å²) in [5, 5.41) is 0. The van der Waals surface area contributed by atoms with Crippen molar-refractivity contribution < 1.29 is 16.9 Å². The Morgan fingerprint density at radius 2 is 1.55 bits per heavy atom. The lowest BCUT2D eigenvalue weighted by Crippen LogP contribution is -2.31. The van der Waals surface area contributed by atoms with Crippen LogP contribution in [0.2, 0.25) is 0 Å². The summed E-state index contributed by atoms with van der Waals surface area (Å²) in [5.74, 6) is 0. The molecule has 1 heterocycles. The second-order valence-electron chi connectivity index (χ2n) is 9.54. The number of aryl methyl sites for hydroxylation is 4. The maximum absolute atomic E-state index is 9.01. The predicted molar refractivity (Wildman–Crippen MR) is 141 cm³/mol. The Labute approximate surface area is 212 Å². The first-order chi connectivity index (χ1) is 19.2. The van der Waals surface area contributed by atoms with Crippen molar-refractivity contribution in [3.8, 4) is 33.5 Å². The van der Waals surface area contributed by atoms with Crippen LogP contribution in [0.15, 0.2) is 79.0 Å². The minimum atomic E-state index is -2.64. The average molecular weight is 444 g/mol. The topological polar surface area (TPSA) is 3.88 Å². The minimum Gasteiger partial charge on any atom is -0.201 e. The maximum Gasteiger partial charge on any atom is 0.213 e. The van der Waals surface area contributed by atoms with E-state index in [4.69, 9.17) is 12.3 Å². The van der Waals surface area contributed by atoms with Gasteiger partial charge in [-0.2, -0.15) is 0 Å². The molecule has 0 saturated carbocycles. The van der Waals surface area contributed by atoms with Gasteiger partial charge in [-0.15, -0.1) is 0 Å². The SMILES string of the molecule is [2H]c1cc(-c2ccc(C([2H])([2H])C(C)(C)C)cc2)cc(C([2H])([2H])[2H])c1-c1cc(-c2ccccc2C)[n+](C)cc1C([2H])([2H])[2H]. The Hall–Kier alpha value is -3.19. The summed E-state index contributed by atoms with van der Waals surface area (Å²) in [7, 11) is 1.75. The van der Waals surface area contributed by atoms with Gasteiger partial charge in [0.1, 0.15) is 7.05 Å². The van der Waals surface area contributed by atoms with Crippen LogP contribution >= 0.6 is 0 Å². The lowest BCUT2D eigenvalue weighted by Gasteiger charge is -2.18. The fraction of sp³-hybridized carbons (Fsp3) is 0.281. The second kappa shape index (κ2) is 8.98. The van der Waals surface area contributed by atoms with Gasteiger partial charge < -0.3 is 0 Å². The van der Waals surface area contributed by atoms with Crippen molar-refractivity contribution in [2.75, 3.05) is 0 Å². The number of aromatic nitrogens is 1. The Morgan fingerprint density at radius 1 is 0.818 bits per heavy atom. The smallest absolute Gasteiger partial charge is 0.201 e. The van der Waals surface area contributed by atoms with Crippen molar-refractivity contribution in [2.45, 2.75) is 47.8 Å². The zero-order chi connectivity index (χ0) is 31.4. The highest BCUT2D eigenvalue weighted by Gasteiger charge is 2.18. The minimum absolute atomic E-state index is 0.0390. The molecule has 0 aliphatic rings. The molecule has 0 atom stereocenters. The molecule has 0 aliphatic heterocycles. The van der Waals surface area contributed by atoms with Gasteiger partial charge >= 0.3 is 0 Å². The standard InChI is InChI=1S/C32H36N/c1-22-10-8-9-11-29(22)31-19-30(24(3)21-33(31)7)28-17-16-27(18-23(28)2)26-14-12-25(13-15-26)20-32(4,5)6/h8-19,21H,20H2,1-7H3/q+1/i2D3,3D3,17D,20D2. The molecule has 1 nitrogen and oxygen atoms in total. The summed E-state index contributed by atoms with van der Waals surface area (Å²) in [6, 6.07) is 19.1. The molecule has 0 N–H and O–H groups in total. The lowest BCUT2D eigenvalue weighted by atomic mass is 9.87. The first kappa shape index (κ1) is 14.2. The molecule has 1 aromatic heterocycles. The normalized spacial score (nSPS) is 16.8. The summed E-state index contributed by atoms with van der Waals surface area (Å²) in [6.45, 7) is 2.24. The summed E-state index contributed by atoms with van der Waals surface area (Å²) >= 11 is 0. The first-order valence-electron chi connectivity index (χ1n) is 15.6. The van der Waals surface area contributed by atoms with Crippen LogP contribution in [0.25, 0.3) is 33.5 Å². The zero-order valence-electron chi connectivity index (χ0n) is 28.9. The molecule has 0 spiro atoms. The second-order valence-corrected chi connectivity index (χ2v) is 9.54. The molecule has 0 amide bonds. The van der Waals surface area contributed by atoms with Gasteiger partial charge in [0.2, 0.25) is 5.69 Å². The summed E-state index contributed by atoms with van der Waals surface area (Å²) in [5.41, 5.74) is 3.59. The molecule has 0 bridgehead atoms. The molecule has 33 heavy (non-hydrogen) atoms. The lowest BCUT2D eigenvalue weighted by molar-refractivity contribution is -0.660. The van der Waals surface area contributed by atoms with Crippen molar-refractivity contribution in [1.82, 2.24) is 0 Å². The molecule has 4 rings (SSSR count). The molecule has 0 aliphatic carbocycles. The monoisotopic (exact) mass is 443 g/mol. The van der Waals surface area contributed by atoms with Crippen molar-refractivity contribution in [3.05, 3.63) is 101 Å². The van der Waals surface area contributed by atoms with Gasteiger partial charge in [0.15, 0.2) is 6.20 Å². The van der Waals surface area contributed by atoms with Crippen LogP contribution in [0.4, 0.5) is 0 Å². The Balaban J connectivity index is 1.97. The Bertz CT molecular complexity index is 1620. The third-order valence-corrected chi connectivity index (χ3v) is 5.64. The maximum atomic E-state index is 9.01. The highest BCUT2D eigenvalue weighted by Crippen LogP contribution is 2.33. The molecule has 0 saturated heterocycles. The third kappa shape index (κ3) is 5.09. The summed E-state index contributed by atoms with van der Waals surface area (Å²) < 4.78 is 77.7. The van der Waals surface area contributed by atoms with Gasteiger partial charge in [0, 0.05) is 28.2 Å². The molecule has 0 radical (unpaired) electrons. The average Bonchev–Trinajstić information content (AvgIpc) is 2.87. The van der Waals surface area contributed by atoms with E-state index in [0.717, 1.165) is 11.1 Å². The van der Waals surface area contributed by atoms with E-state index >= 15 is 0 Å². The molecule has 3 aromatic carbocycles. The third-order valence-electron chi connectivity index (χ3n) is 5.64. The van der Waals surface area contributed by atoms with E-state index in [-0.39, 0.29) is 28.3 Å². The summed E-state index contributed by atoms with van der Waals surface area (Å²) in [4.78, 5) is 0. The van der Waals surface area contributed by atoms with E-state index in [1.807, 2.05) is 52.0 Å². The molecular formula is C32H36N+. The van der Waals surface area contributed by atoms with Gasteiger partial charge in [0.25, 0.3) is 0 Å². The number of rotatable bonds is 4. The molecule has 1 heteroatoms. The van der Waals surface area contributed by atoms with Crippen molar-refractivity contribution >= 4 is 0 Å². The van der Waals surface area contributed by atoms with Crippen LogP contribution in [-0.4, -0.2) is 0 Å². The van der Waals surface area contributed by atoms with E-state index in [2.05, 4.69) is 0 Å². The summed E-state index contributed by atoms with van der Waals surface area (Å²) in [6.07, 6.45) is -0.0908. The van der Waals surface area contributed by atoms with Crippen LogP contribution in [0, 0.1) is 26.0 Å². The highest BCUT2D eigenvalue weighted by atomic mass is 14.9. The van der Waals surface area contributed by atoms with E-state index < -0.39 is 25.5 Å². The quantitative estimate of drug-likeness (QED) is 0.281. The number of hydrogen-bond acceptors (Lipinski definition) is 0. The van der Waals surface area contributed by atoms with Crippen LogP contribution in [0.3, 0.4) is 0 Å². The van der Waals surface area contributed by atoms with Crippen LogP contribution < -0.4 is 4.57 Å². The van der Waals surface area contributed by atoms with Crippen LogP contribution in [0.1, 0.15) is 55.4 Å². The largest absolute Gasteiger partial charge is 0.213 e. The predicted octanol–water partition coefficient (Wildman–Crippen LogP) is 8.03. The van der Waals surface area contributed by atoms with Crippen LogP contribution in [-0.2, 0) is 13.4 Å². The zero-order valence-corrected chi connectivity index (χ0v) is 19.9. The Kier molecular flexibility index (Phi) is 3.85. The van der Waals surface area contributed by atoms with Gasteiger partial charge in [-0.25, -0.2) is 4.57 Å². The van der Waals surface area contributed by atoms with Crippen LogP contribution in [0.5, 0.6) is 0 Å². The molecule has 4 aromatic rings. The highest BCUT2D eigenvalue weighted by molar-refractivity contribution is 5.77. The van der Waals surface area contributed by atoms with Gasteiger partial charge in [-0.3, -0.25) is 0 Å². The van der Waals surface area contributed by atoms with E-state index in [1.54, 1.807) is 48.0 Å². The van der Waals surface area contributed by atoms with Gasteiger partial charge in [0.05, 0.1) is 1.37 Å². The Morgan fingerprint density at radius 3 is 2.21 bits per heavy atom. The van der Waals surface area contributed by atoms with E-state index in [1.165, 1.54) is 12.3 Å². The molecule has 168 valence electrons. The van der Waals surface area contributed by atoms with Gasteiger partial charge in [-0.05, 0) is 77.4 Å². The van der Waals surface area contributed by atoms with Crippen molar-refractivity contribution in [2.24, 2.45) is 12.5 Å². The van der Waals surface area contributed by atoms with Crippen molar-refractivity contribution in [1.29, 1.82) is 0 Å². The molecule has 0 fully saturated rings.